The summed E-state index contributed by atoms with van der Waals surface area (Å²) >= 11 is 1.90. The molecular weight excluding hydrogens is 328 g/mol. The lowest BCUT2D eigenvalue weighted by Gasteiger charge is -2.43. The van der Waals surface area contributed by atoms with Crippen molar-refractivity contribution in [2.45, 2.75) is 44.2 Å². The van der Waals surface area contributed by atoms with E-state index in [1.54, 1.807) is 0 Å². The lowest BCUT2D eigenvalue weighted by atomic mass is 9.81. The van der Waals surface area contributed by atoms with Crippen LogP contribution in [0.15, 0.2) is 42.5 Å². The molecule has 3 heterocycles. The largest absolute Gasteiger partial charge is 0.339 e. The van der Waals surface area contributed by atoms with Crippen molar-refractivity contribution in [2.75, 3.05) is 20.1 Å². The molecule has 1 spiro atoms. The summed E-state index contributed by atoms with van der Waals surface area (Å²) in [5, 5.41) is 0. The van der Waals surface area contributed by atoms with Crippen LogP contribution in [0, 0.1) is 6.92 Å². The van der Waals surface area contributed by atoms with Crippen molar-refractivity contribution in [3.8, 4) is 0 Å². The normalized spacial score (nSPS) is 23.5. The van der Waals surface area contributed by atoms with Crippen molar-refractivity contribution in [1.29, 1.82) is 0 Å². The molecule has 1 atom stereocenters. The van der Waals surface area contributed by atoms with Crippen LogP contribution in [-0.4, -0.2) is 41.4 Å². The minimum absolute atomic E-state index is 0.0395. The van der Waals surface area contributed by atoms with Gasteiger partial charge >= 0.3 is 0 Å². The third kappa shape index (κ3) is 3.13. The number of hydrogen-bond acceptors (Lipinski definition) is 3. The van der Waals surface area contributed by atoms with Gasteiger partial charge in [-0.25, -0.2) is 0 Å². The Hall–Kier alpha value is -1.65. The Balaban J connectivity index is 1.44. The minimum atomic E-state index is 0.0395. The average Bonchev–Trinajstić information content (AvgIpc) is 3.15. The van der Waals surface area contributed by atoms with E-state index in [1.165, 1.54) is 15.3 Å². The van der Waals surface area contributed by atoms with Gasteiger partial charge < -0.3 is 4.90 Å². The van der Waals surface area contributed by atoms with Crippen molar-refractivity contribution in [3.63, 3.8) is 0 Å². The van der Waals surface area contributed by atoms with Crippen LogP contribution in [0.2, 0.25) is 0 Å². The van der Waals surface area contributed by atoms with Crippen molar-refractivity contribution in [1.82, 2.24) is 9.80 Å². The number of likely N-dealkylation sites (tertiary alicyclic amines) is 2. The highest BCUT2D eigenvalue weighted by molar-refractivity contribution is 7.11. The number of aryl methyl sites for hydroxylation is 1. The highest BCUT2D eigenvalue weighted by Crippen LogP contribution is 2.45. The molecule has 0 aliphatic carbocycles. The molecule has 3 nitrogen and oxygen atoms in total. The molecular formula is C21H26N2OS. The van der Waals surface area contributed by atoms with Gasteiger partial charge in [0, 0.05) is 42.0 Å². The predicted octanol–water partition coefficient (Wildman–Crippen LogP) is 4.04. The van der Waals surface area contributed by atoms with Gasteiger partial charge in [-0.1, -0.05) is 30.3 Å². The van der Waals surface area contributed by atoms with Gasteiger partial charge in [0.15, 0.2) is 0 Å². The van der Waals surface area contributed by atoms with Gasteiger partial charge in [0.25, 0.3) is 0 Å². The van der Waals surface area contributed by atoms with Crippen molar-refractivity contribution < 1.29 is 4.79 Å². The van der Waals surface area contributed by atoms with Crippen LogP contribution in [0.5, 0.6) is 0 Å². The highest BCUT2D eigenvalue weighted by Gasteiger charge is 2.50. The van der Waals surface area contributed by atoms with Crippen LogP contribution in [0.3, 0.4) is 0 Å². The Morgan fingerprint density at radius 2 is 1.84 bits per heavy atom. The molecule has 1 aromatic heterocycles. The average molecular weight is 355 g/mol. The monoisotopic (exact) mass is 354 g/mol. The maximum absolute atomic E-state index is 12.9. The second-order valence-corrected chi connectivity index (χ2v) is 8.95. The van der Waals surface area contributed by atoms with Gasteiger partial charge in [0.1, 0.15) is 0 Å². The molecule has 1 aromatic carbocycles. The van der Waals surface area contributed by atoms with Crippen LogP contribution >= 0.6 is 11.3 Å². The number of thiophene rings is 1. The fourth-order valence-corrected chi connectivity index (χ4v) is 5.41. The van der Waals surface area contributed by atoms with Gasteiger partial charge in [0.05, 0.1) is 5.92 Å². The SMILES string of the molecule is Cc1ccc(CN2CCC3(CC2)C[C@@H](c2ccccc2)C(=O)N3C)s1. The number of rotatable bonds is 3. The van der Waals surface area contributed by atoms with Gasteiger partial charge in [-0.3, -0.25) is 9.69 Å². The molecule has 2 aliphatic heterocycles. The fraction of sp³-hybridized carbons (Fsp3) is 0.476. The van der Waals surface area contributed by atoms with Crippen LogP contribution in [0.1, 0.15) is 40.5 Å². The van der Waals surface area contributed by atoms with E-state index < -0.39 is 0 Å². The number of likely N-dealkylation sites (N-methyl/N-ethyl adjacent to an activating group) is 1. The number of hydrogen-bond donors (Lipinski definition) is 0. The molecule has 2 aromatic rings. The van der Waals surface area contributed by atoms with E-state index in [0.29, 0.717) is 5.91 Å². The smallest absolute Gasteiger partial charge is 0.230 e. The molecule has 0 unspecified atom stereocenters. The number of carbonyl (C=O) groups excluding carboxylic acids is 1. The summed E-state index contributed by atoms with van der Waals surface area (Å²) in [7, 11) is 2.02. The van der Waals surface area contributed by atoms with Crippen molar-refractivity contribution in [3.05, 3.63) is 57.8 Å². The number of carbonyl (C=O) groups is 1. The van der Waals surface area contributed by atoms with Crippen LogP contribution in [0.4, 0.5) is 0 Å². The third-order valence-electron chi connectivity index (χ3n) is 6.09. The molecule has 0 N–H and O–H groups in total. The topological polar surface area (TPSA) is 23.6 Å². The molecule has 25 heavy (non-hydrogen) atoms. The number of nitrogens with zero attached hydrogens (tertiary/aromatic N) is 2. The Bertz CT molecular complexity index is 746. The Kier molecular flexibility index (Phi) is 4.42. The molecule has 2 fully saturated rings. The number of piperidine rings is 1. The Labute approximate surface area is 154 Å². The summed E-state index contributed by atoms with van der Waals surface area (Å²) in [5.41, 5.74) is 1.23. The zero-order valence-corrected chi connectivity index (χ0v) is 15.9. The van der Waals surface area contributed by atoms with E-state index in [-0.39, 0.29) is 11.5 Å². The molecule has 4 rings (SSSR count). The summed E-state index contributed by atoms with van der Waals surface area (Å²) in [6.45, 7) is 5.38. The van der Waals surface area contributed by atoms with Crippen LogP contribution in [0.25, 0.3) is 0 Å². The number of benzene rings is 1. The summed E-state index contributed by atoms with van der Waals surface area (Å²) in [5.74, 6) is 0.339. The minimum Gasteiger partial charge on any atom is -0.339 e. The molecule has 0 radical (unpaired) electrons. The first-order valence-electron chi connectivity index (χ1n) is 9.18. The first-order valence-corrected chi connectivity index (χ1v) is 9.99. The Morgan fingerprint density at radius 1 is 1.12 bits per heavy atom. The first kappa shape index (κ1) is 16.8. The van der Waals surface area contributed by atoms with E-state index >= 15 is 0 Å². The fourth-order valence-electron chi connectivity index (χ4n) is 4.47. The van der Waals surface area contributed by atoms with E-state index in [0.717, 1.165) is 38.9 Å². The molecule has 1 amide bonds. The highest BCUT2D eigenvalue weighted by atomic mass is 32.1. The van der Waals surface area contributed by atoms with Gasteiger partial charge in [-0.15, -0.1) is 11.3 Å². The lowest BCUT2D eigenvalue weighted by molar-refractivity contribution is -0.131. The second kappa shape index (κ2) is 6.58. The molecule has 4 heteroatoms. The maximum atomic E-state index is 12.9. The molecule has 2 aliphatic rings. The summed E-state index contributed by atoms with van der Waals surface area (Å²) < 4.78 is 0. The van der Waals surface area contributed by atoms with Crippen LogP contribution in [-0.2, 0) is 11.3 Å². The molecule has 0 saturated carbocycles. The Morgan fingerprint density at radius 3 is 2.48 bits per heavy atom. The second-order valence-electron chi connectivity index (χ2n) is 7.58. The third-order valence-corrected chi connectivity index (χ3v) is 7.07. The van der Waals surface area contributed by atoms with E-state index in [2.05, 4.69) is 41.0 Å². The quantitative estimate of drug-likeness (QED) is 0.831. The molecule has 0 bridgehead atoms. The first-order chi connectivity index (χ1) is 12.1. The summed E-state index contributed by atoms with van der Waals surface area (Å²) in [6, 6.07) is 14.8. The van der Waals surface area contributed by atoms with E-state index in [4.69, 9.17) is 0 Å². The van der Waals surface area contributed by atoms with Crippen molar-refractivity contribution >= 4 is 17.2 Å². The van der Waals surface area contributed by atoms with Crippen molar-refractivity contribution in [2.24, 2.45) is 0 Å². The van der Waals surface area contributed by atoms with Gasteiger partial charge in [-0.2, -0.15) is 0 Å². The summed E-state index contributed by atoms with van der Waals surface area (Å²) in [6.07, 6.45) is 3.14. The van der Waals surface area contributed by atoms with Crippen LogP contribution < -0.4 is 0 Å². The zero-order valence-electron chi connectivity index (χ0n) is 15.1. The molecule has 2 saturated heterocycles. The van der Waals surface area contributed by atoms with Gasteiger partial charge in [-0.05, 0) is 43.9 Å². The van der Waals surface area contributed by atoms with E-state index in [9.17, 15) is 4.79 Å². The zero-order chi connectivity index (χ0) is 17.4. The molecule has 132 valence electrons. The summed E-state index contributed by atoms with van der Waals surface area (Å²) in [4.78, 5) is 20.3. The van der Waals surface area contributed by atoms with E-state index in [1.807, 2.05) is 36.6 Å². The predicted molar refractivity (Wildman–Crippen MR) is 103 cm³/mol. The van der Waals surface area contributed by atoms with Gasteiger partial charge in [0.2, 0.25) is 5.91 Å². The maximum Gasteiger partial charge on any atom is 0.230 e. The number of amides is 1. The lowest BCUT2D eigenvalue weighted by Crippen LogP contribution is -2.51. The standard InChI is InChI=1S/C21H26N2OS/c1-16-8-9-18(25-16)15-23-12-10-21(11-13-23)14-19(20(24)22(21)2)17-6-4-3-5-7-17/h3-9,19H,10-15H2,1-2H3/t19-/m0/s1.